The average Bonchev–Trinajstić information content (AvgIpc) is 2.55. The second-order valence-corrected chi connectivity index (χ2v) is 2.78. The monoisotopic (exact) mass is 296 g/mol. The maximum Gasteiger partial charge on any atom is 0.298 e. The molecule has 0 aliphatic rings. The number of hydrogen-bond acceptors (Lipinski definition) is 5. The van der Waals surface area contributed by atoms with Gasteiger partial charge in [-0.3, -0.25) is 9.59 Å². The molecule has 1 aromatic carbocycles. The lowest BCUT2D eigenvalue weighted by molar-refractivity contribution is -0.120. The number of carbonyl (C=O) groups is 1. The first-order chi connectivity index (χ1) is 10.2. The minimum Gasteiger partial charge on any atom is -0.504 e. The second-order valence-electron chi connectivity index (χ2n) is 2.78. The first-order valence-electron chi connectivity index (χ1n) is 7.03. The van der Waals surface area contributed by atoms with Crippen LogP contribution in [-0.4, -0.2) is 21.5 Å². The molecule has 6 nitrogen and oxygen atoms in total. The molecule has 0 bridgehead atoms. The Labute approximate surface area is 124 Å². The number of H-pyrrole nitrogens is 1. The lowest BCUT2D eigenvalue weighted by Crippen LogP contribution is -2.06. The van der Waals surface area contributed by atoms with Crippen molar-refractivity contribution in [2.24, 2.45) is 0 Å². The molecule has 0 radical (unpaired) electrons. The van der Waals surface area contributed by atoms with Gasteiger partial charge in [-0.05, 0) is 6.07 Å². The molecule has 21 heavy (non-hydrogen) atoms. The molecule has 0 atom stereocenters. The highest BCUT2D eigenvalue weighted by Crippen LogP contribution is 2.28. The van der Waals surface area contributed by atoms with E-state index in [1.54, 1.807) is 0 Å². The predicted octanol–water partition coefficient (Wildman–Crippen LogP) is 3.24. The SMILES string of the molecule is CC.CC.CC.O=COc1cc2c(=O)[nH]cnc2cc1O. The number of aromatic amines is 1. The normalized spacial score (nSPS) is 8.10. The zero-order valence-corrected chi connectivity index (χ0v) is 13.4. The van der Waals surface area contributed by atoms with Gasteiger partial charge in [0.15, 0.2) is 11.5 Å². The van der Waals surface area contributed by atoms with E-state index in [0.29, 0.717) is 5.52 Å². The summed E-state index contributed by atoms with van der Waals surface area (Å²) in [5, 5.41) is 9.64. The van der Waals surface area contributed by atoms with Crippen LogP contribution in [0.3, 0.4) is 0 Å². The van der Waals surface area contributed by atoms with Crippen molar-refractivity contribution in [1.29, 1.82) is 0 Å². The number of carbonyl (C=O) groups excluding carboxylic acids is 1. The van der Waals surface area contributed by atoms with Gasteiger partial charge < -0.3 is 14.8 Å². The molecule has 118 valence electrons. The van der Waals surface area contributed by atoms with E-state index in [1.807, 2.05) is 41.5 Å². The van der Waals surface area contributed by atoms with Crippen LogP contribution < -0.4 is 10.3 Å². The molecule has 0 aliphatic heterocycles. The van der Waals surface area contributed by atoms with Crippen molar-refractivity contribution in [3.63, 3.8) is 0 Å². The Bertz CT molecular complexity index is 579. The molecule has 2 rings (SSSR count). The highest BCUT2D eigenvalue weighted by atomic mass is 16.5. The number of nitrogens with one attached hydrogen (secondary N) is 1. The van der Waals surface area contributed by atoms with Gasteiger partial charge >= 0.3 is 0 Å². The molecule has 0 aliphatic carbocycles. The van der Waals surface area contributed by atoms with Crippen molar-refractivity contribution in [3.8, 4) is 11.5 Å². The molecule has 0 spiro atoms. The minimum atomic E-state index is -0.365. The molecule has 0 fully saturated rings. The summed E-state index contributed by atoms with van der Waals surface area (Å²) < 4.78 is 4.49. The molecule has 2 aromatic rings. The number of fused-ring (bicyclic) bond motifs is 1. The van der Waals surface area contributed by atoms with Gasteiger partial charge in [-0.15, -0.1) is 0 Å². The Hall–Kier alpha value is -2.37. The highest BCUT2D eigenvalue weighted by molar-refractivity contribution is 5.81. The summed E-state index contributed by atoms with van der Waals surface area (Å²) in [4.78, 5) is 27.7. The molecule has 0 unspecified atom stereocenters. The number of aromatic hydroxyl groups is 1. The first kappa shape index (κ1) is 20.9. The number of phenolic OH excluding ortho intramolecular Hbond substituents is 1. The van der Waals surface area contributed by atoms with E-state index < -0.39 is 0 Å². The number of aromatic nitrogens is 2. The number of nitrogens with zero attached hydrogens (tertiary/aromatic N) is 1. The van der Waals surface area contributed by atoms with Gasteiger partial charge in [0, 0.05) is 6.07 Å². The van der Waals surface area contributed by atoms with Gasteiger partial charge in [-0.25, -0.2) is 4.98 Å². The Balaban J connectivity index is 0. The van der Waals surface area contributed by atoms with Crippen molar-refractivity contribution in [2.45, 2.75) is 41.5 Å². The van der Waals surface area contributed by atoms with Gasteiger partial charge in [0.1, 0.15) is 0 Å². The van der Waals surface area contributed by atoms with Crippen LogP contribution in [0.1, 0.15) is 41.5 Å². The zero-order chi connectivity index (χ0) is 16.8. The summed E-state index contributed by atoms with van der Waals surface area (Å²) in [7, 11) is 0. The summed E-state index contributed by atoms with van der Waals surface area (Å²) in [5.74, 6) is -0.316. The van der Waals surface area contributed by atoms with Gasteiger partial charge in [0.2, 0.25) is 0 Å². The van der Waals surface area contributed by atoms with Crippen LogP contribution in [0.4, 0.5) is 0 Å². The van der Waals surface area contributed by atoms with E-state index in [4.69, 9.17) is 0 Å². The Morgan fingerprint density at radius 3 is 2.24 bits per heavy atom. The molecular weight excluding hydrogens is 272 g/mol. The maximum absolute atomic E-state index is 11.3. The fraction of sp³-hybridized carbons (Fsp3) is 0.400. The summed E-state index contributed by atoms with van der Waals surface area (Å²) >= 11 is 0. The topological polar surface area (TPSA) is 92.3 Å². The molecule has 6 heteroatoms. The quantitative estimate of drug-likeness (QED) is 0.830. The van der Waals surface area contributed by atoms with E-state index in [0.717, 1.165) is 0 Å². The Morgan fingerprint density at radius 2 is 1.71 bits per heavy atom. The number of rotatable bonds is 2. The Morgan fingerprint density at radius 1 is 1.14 bits per heavy atom. The van der Waals surface area contributed by atoms with E-state index >= 15 is 0 Å². The van der Waals surface area contributed by atoms with Crippen LogP contribution >= 0.6 is 0 Å². The standard InChI is InChI=1S/C9H6N2O4.3C2H6/c12-4-15-8-1-5-6(2-7(8)13)10-3-11-9(5)14;3*1-2/h1-4,13H,(H,10,11,14);3*1-2H3. The van der Waals surface area contributed by atoms with Crippen LogP contribution in [0, 0.1) is 0 Å². The third-order valence-electron chi connectivity index (χ3n) is 1.90. The number of ether oxygens (including phenoxy) is 1. The van der Waals surface area contributed by atoms with Crippen LogP contribution in [0.25, 0.3) is 10.9 Å². The third kappa shape index (κ3) is 6.07. The van der Waals surface area contributed by atoms with Gasteiger partial charge in [0.25, 0.3) is 12.0 Å². The minimum absolute atomic E-state index is 0.0731. The van der Waals surface area contributed by atoms with Crippen molar-refractivity contribution in [1.82, 2.24) is 9.97 Å². The van der Waals surface area contributed by atoms with E-state index in [2.05, 4.69) is 14.7 Å². The Kier molecular flexibility index (Phi) is 12.6. The first-order valence-corrected chi connectivity index (χ1v) is 7.03. The third-order valence-corrected chi connectivity index (χ3v) is 1.90. The molecule has 1 heterocycles. The van der Waals surface area contributed by atoms with Crippen LogP contribution in [0.2, 0.25) is 0 Å². The van der Waals surface area contributed by atoms with Gasteiger partial charge in [-0.1, -0.05) is 41.5 Å². The fourth-order valence-corrected chi connectivity index (χ4v) is 1.23. The number of benzene rings is 1. The smallest absolute Gasteiger partial charge is 0.298 e. The summed E-state index contributed by atoms with van der Waals surface area (Å²) in [5.41, 5.74) is -0.0368. The number of hydrogen-bond donors (Lipinski definition) is 2. The van der Waals surface area contributed by atoms with Crippen LogP contribution in [0.15, 0.2) is 23.3 Å². The van der Waals surface area contributed by atoms with E-state index in [1.165, 1.54) is 18.5 Å². The molecule has 1 aromatic heterocycles. The summed E-state index contributed by atoms with van der Waals surface area (Å²) in [6, 6.07) is 2.51. The molecule has 0 amide bonds. The zero-order valence-electron chi connectivity index (χ0n) is 13.4. The largest absolute Gasteiger partial charge is 0.504 e. The van der Waals surface area contributed by atoms with Crippen LogP contribution in [-0.2, 0) is 4.79 Å². The van der Waals surface area contributed by atoms with Crippen LogP contribution in [0.5, 0.6) is 11.5 Å². The number of phenols is 1. The maximum atomic E-state index is 11.3. The van der Waals surface area contributed by atoms with Gasteiger partial charge in [-0.2, -0.15) is 0 Å². The lowest BCUT2D eigenvalue weighted by atomic mass is 10.2. The molecule has 2 N–H and O–H groups in total. The van der Waals surface area contributed by atoms with Crippen molar-refractivity contribution < 1.29 is 14.6 Å². The highest BCUT2D eigenvalue weighted by Gasteiger charge is 2.07. The van der Waals surface area contributed by atoms with Crippen molar-refractivity contribution >= 4 is 17.4 Å². The fourth-order valence-electron chi connectivity index (χ4n) is 1.23. The lowest BCUT2D eigenvalue weighted by Gasteiger charge is -2.02. The van der Waals surface area contributed by atoms with E-state index in [9.17, 15) is 14.7 Å². The van der Waals surface area contributed by atoms with Gasteiger partial charge in [0.05, 0.1) is 17.2 Å². The summed E-state index contributed by atoms with van der Waals surface area (Å²) in [6.07, 6.45) is 1.23. The van der Waals surface area contributed by atoms with E-state index in [-0.39, 0.29) is 28.9 Å². The van der Waals surface area contributed by atoms with Crippen molar-refractivity contribution in [3.05, 3.63) is 28.8 Å². The molecule has 0 saturated heterocycles. The molecular formula is C15H24N2O4. The average molecular weight is 296 g/mol. The molecule has 0 saturated carbocycles. The predicted molar refractivity (Wildman–Crippen MR) is 84.8 cm³/mol. The van der Waals surface area contributed by atoms with Crippen molar-refractivity contribution in [2.75, 3.05) is 0 Å². The summed E-state index contributed by atoms with van der Waals surface area (Å²) in [6.45, 7) is 12.2. The second kappa shape index (κ2) is 12.7.